The summed E-state index contributed by atoms with van der Waals surface area (Å²) in [7, 11) is 3.54. The number of urea groups is 1. The Morgan fingerprint density at radius 3 is 2.52 bits per heavy atom. The van der Waals surface area contributed by atoms with Crippen molar-refractivity contribution in [3.05, 3.63) is 83.4 Å². The summed E-state index contributed by atoms with van der Waals surface area (Å²) in [5.41, 5.74) is 3.24. The van der Waals surface area contributed by atoms with Crippen LogP contribution in [0.1, 0.15) is 48.4 Å². The van der Waals surface area contributed by atoms with Crippen molar-refractivity contribution in [3.8, 4) is 5.75 Å². The molecule has 0 saturated carbocycles. The highest BCUT2D eigenvalue weighted by atomic mass is 16.5. The number of carbonyl (C=O) groups excluding carboxylic acids is 1. The number of imidazole rings is 1. The van der Waals surface area contributed by atoms with E-state index in [1.54, 1.807) is 13.3 Å². The lowest BCUT2D eigenvalue weighted by Gasteiger charge is -2.22. The fourth-order valence-electron chi connectivity index (χ4n) is 3.27. The maximum absolute atomic E-state index is 12.8. The molecule has 2 unspecified atom stereocenters. The number of methoxy groups -OCH3 is 1. The molecule has 1 aromatic heterocycles. The van der Waals surface area contributed by atoms with Gasteiger partial charge in [-0.15, -0.1) is 0 Å². The molecule has 0 aliphatic carbocycles. The molecule has 2 atom stereocenters. The molecule has 0 fully saturated rings. The fourth-order valence-corrected chi connectivity index (χ4v) is 3.27. The molecule has 152 valence electrons. The number of carbonyl (C=O) groups is 1. The Labute approximate surface area is 171 Å². The minimum absolute atomic E-state index is 0.117. The van der Waals surface area contributed by atoms with Crippen LogP contribution < -0.4 is 15.4 Å². The first-order chi connectivity index (χ1) is 14.0. The molecular formula is C23H28N4O2. The van der Waals surface area contributed by atoms with E-state index >= 15 is 0 Å². The number of rotatable bonds is 7. The number of ether oxygens (including phenoxy) is 1. The van der Waals surface area contributed by atoms with Gasteiger partial charge in [-0.1, -0.05) is 43.3 Å². The van der Waals surface area contributed by atoms with Crippen LogP contribution in [0.5, 0.6) is 5.75 Å². The fraction of sp³-hybridized carbons (Fsp3) is 0.304. The third-order valence-corrected chi connectivity index (χ3v) is 5.05. The summed E-state index contributed by atoms with van der Waals surface area (Å²) in [6.07, 6.45) is 4.58. The number of aryl methyl sites for hydroxylation is 2. The summed E-state index contributed by atoms with van der Waals surface area (Å²) in [4.78, 5) is 17.2. The van der Waals surface area contributed by atoms with Crippen molar-refractivity contribution >= 4 is 6.03 Å². The smallest absolute Gasteiger partial charge is 0.316 e. The SMILES string of the molecule is CCc1ccc(C(C)NC(=O)NC(c2cccc(OC)c2)c2nccn2C)cc1. The summed E-state index contributed by atoms with van der Waals surface area (Å²) >= 11 is 0. The first kappa shape index (κ1) is 20.5. The third-order valence-electron chi connectivity index (χ3n) is 5.05. The number of aromatic nitrogens is 2. The zero-order valence-corrected chi connectivity index (χ0v) is 17.3. The lowest BCUT2D eigenvalue weighted by molar-refractivity contribution is 0.235. The van der Waals surface area contributed by atoms with E-state index < -0.39 is 6.04 Å². The molecule has 2 N–H and O–H groups in total. The van der Waals surface area contributed by atoms with Gasteiger partial charge < -0.3 is 19.9 Å². The predicted molar refractivity (Wildman–Crippen MR) is 114 cm³/mol. The average molecular weight is 393 g/mol. The molecular weight excluding hydrogens is 364 g/mol. The number of hydrogen-bond donors (Lipinski definition) is 2. The van der Waals surface area contributed by atoms with Crippen molar-refractivity contribution in [1.82, 2.24) is 20.2 Å². The Hall–Kier alpha value is -3.28. The van der Waals surface area contributed by atoms with Gasteiger partial charge in [-0.25, -0.2) is 9.78 Å². The van der Waals surface area contributed by atoms with Crippen molar-refractivity contribution in [2.45, 2.75) is 32.4 Å². The number of amides is 2. The first-order valence-electron chi connectivity index (χ1n) is 9.78. The van der Waals surface area contributed by atoms with Crippen LogP contribution in [0.2, 0.25) is 0 Å². The van der Waals surface area contributed by atoms with E-state index in [9.17, 15) is 4.79 Å². The van der Waals surface area contributed by atoms with E-state index in [1.807, 2.05) is 49.0 Å². The summed E-state index contributed by atoms with van der Waals surface area (Å²) in [5, 5.41) is 6.09. The van der Waals surface area contributed by atoms with Gasteiger partial charge in [0, 0.05) is 19.4 Å². The van der Waals surface area contributed by atoms with Gasteiger partial charge in [-0.05, 0) is 42.2 Å². The Morgan fingerprint density at radius 1 is 1.14 bits per heavy atom. The van der Waals surface area contributed by atoms with E-state index in [4.69, 9.17) is 4.74 Å². The highest BCUT2D eigenvalue weighted by molar-refractivity contribution is 5.75. The normalized spacial score (nSPS) is 12.8. The Kier molecular flexibility index (Phi) is 6.54. The van der Waals surface area contributed by atoms with Crippen LogP contribution in [0, 0.1) is 0 Å². The second-order valence-electron chi connectivity index (χ2n) is 7.04. The van der Waals surface area contributed by atoms with Crippen LogP contribution >= 0.6 is 0 Å². The predicted octanol–water partition coefficient (Wildman–Crippen LogP) is 4.14. The lowest BCUT2D eigenvalue weighted by Crippen LogP contribution is -2.40. The second-order valence-corrected chi connectivity index (χ2v) is 7.04. The molecule has 0 aliphatic heterocycles. The standard InChI is InChI=1S/C23H28N4O2/c1-5-17-9-11-18(12-10-17)16(2)25-23(28)26-21(22-24-13-14-27(22)3)19-7-6-8-20(15-19)29-4/h6-16,21H,5H2,1-4H3,(H2,25,26,28). The highest BCUT2D eigenvalue weighted by Crippen LogP contribution is 2.24. The van der Waals surface area contributed by atoms with Crippen molar-refractivity contribution < 1.29 is 9.53 Å². The lowest BCUT2D eigenvalue weighted by atomic mass is 10.0. The molecule has 0 radical (unpaired) electrons. The molecule has 0 aliphatic rings. The molecule has 29 heavy (non-hydrogen) atoms. The summed E-state index contributed by atoms with van der Waals surface area (Å²) in [6, 6.07) is 15.2. The van der Waals surface area contributed by atoms with Gasteiger partial charge in [0.25, 0.3) is 0 Å². The van der Waals surface area contributed by atoms with Gasteiger partial charge in [-0.2, -0.15) is 0 Å². The maximum atomic E-state index is 12.8. The van der Waals surface area contributed by atoms with Gasteiger partial charge in [-0.3, -0.25) is 0 Å². The van der Waals surface area contributed by atoms with E-state index in [0.717, 1.165) is 29.1 Å². The molecule has 2 amide bonds. The van der Waals surface area contributed by atoms with Crippen LogP contribution in [0.4, 0.5) is 4.79 Å². The number of nitrogens with zero attached hydrogens (tertiary/aromatic N) is 2. The second kappa shape index (κ2) is 9.28. The van der Waals surface area contributed by atoms with Crippen LogP contribution in [0.15, 0.2) is 60.9 Å². The van der Waals surface area contributed by atoms with Crippen molar-refractivity contribution in [1.29, 1.82) is 0 Å². The Balaban J connectivity index is 1.78. The van der Waals surface area contributed by atoms with Gasteiger partial charge in [0.15, 0.2) is 0 Å². The molecule has 3 aromatic rings. The largest absolute Gasteiger partial charge is 0.497 e. The number of hydrogen-bond acceptors (Lipinski definition) is 3. The summed E-state index contributed by atoms with van der Waals surface area (Å²) in [5.74, 6) is 1.47. The minimum atomic E-state index is -0.403. The average Bonchev–Trinajstić information content (AvgIpc) is 3.17. The molecule has 6 heteroatoms. The highest BCUT2D eigenvalue weighted by Gasteiger charge is 2.22. The Bertz CT molecular complexity index is 950. The van der Waals surface area contributed by atoms with Crippen LogP contribution in [0.3, 0.4) is 0 Å². The van der Waals surface area contributed by atoms with Gasteiger partial charge >= 0.3 is 6.03 Å². The van der Waals surface area contributed by atoms with Crippen molar-refractivity contribution in [3.63, 3.8) is 0 Å². The number of nitrogens with one attached hydrogen (secondary N) is 2. The van der Waals surface area contributed by atoms with Crippen LogP contribution in [-0.2, 0) is 13.5 Å². The van der Waals surface area contributed by atoms with Crippen molar-refractivity contribution in [2.75, 3.05) is 7.11 Å². The molecule has 3 rings (SSSR count). The topological polar surface area (TPSA) is 68.2 Å². The van der Waals surface area contributed by atoms with Gasteiger partial charge in [0.1, 0.15) is 17.6 Å². The third kappa shape index (κ3) is 4.96. The van der Waals surface area contributed by atoms with Crippen LogP contribution in [0.25, 0.3) is 0 Å². The zero-order chi connectivity index (χ0) is 20.8. The molecule has 1 heterocycles. The summed E-state index contributed by atoms with van der Waals surface area (Å²) < 4.78 is 7.24. The van der Waals surface area contributed by atoms with Crippen molar-refractivity contribution in [2.24, 2.45) is 7.05 Å². The maximum Gasteiger partial charge on any atom is 0.316 e. The van der Waals surface area contributed by atoms with E-state index in [-0.39, 0.29) is 12.1 Å². The van der Waals surface area contributed by atoms with Gasteiger partial charge in [0.05, 0.1) is 13.2 Å². The van der Waals surface area contributed by atoms with E-state index in [0.29, 0.717) is 0 Å². The zero-order valence-electron chi connectivity index (χ0n) is 17.3. The Morgan fingerprint density at radius 2 is 1.90 bits per heavy atom. The van der Waals surface area contributed by atoms with Crippen LogP contribution in [-0.4, -0.2) is 22.7 Å². The molecule has 0 spiro atoms. The minimum Gasteiger partial charge on any atom is -0.497 e. The molecule has 2 aromatic carbocycles. The summed E-state index contributed by atoms with van der Waals surface area (Å²) in [6.45, 7) is 4.10. The molecule has 0 bridgehead atoms. The first-order valence-corrected chi connectivity index (χ1v) is 9.78. The van der Waals surface area contributed by atoms with Gasteiger partial charge in [0.2, 0.25) is 0 Å². The van der Waals surface area contributed by atoms with E-state index in [2.05, 4.69) is 46.8 Å². The quantitative estimate of drug-likeness (QED) is 0.635. The van der Waals surface area contributed by atoms with E-state index in [1.165, 1.54) is 5.56 Å². The number of benzene rings is 2. The molecule has 0 saturated heterocycles. The monoisotopic (exact) mass is 392 g/mol. The molecule has 6 nitrogen and oxygen atoms in total.